The summed E-state index contributed by atoms with van der Waals surface area (Å²) in [5.74, 6) is 2.76. The molecule has 0 bridgehead atoms. The lowest BCUT2D eigenvalue weighted by atomic mass is 9.32. The quantitative estimate of drug-likeness (QED) is 0.285. The predicted octanol–water partition coefficient (Wildman–Crippen LogP) is 7.75. The fraction of sp³-hybridized carbons (Fsp3) is 0.879. The van der Waals surface area contributed by atoms with Gasteiger partial charge in [0.05, 0.1) is 6.61 Å². The molecule has 0 radical (unpaired) electrons. The lowest BCUT2D eigenvalue weighted by Gasteiger charge is -2.73. The summed E-state index contributed by atoms with van der Waals surface area (Å²) in [6.45, 7) is 20.7. The summed E-state index contributed by atoms with van der Waals surface area (Å²) in [6, 6.07) is 0. The molecule has 0 heterocycles. The summed E-state index contributed by atoms with van der Waals surface area (Å²) in [6.07, 6.45) is 14.2. The zero-order valence-corrected chi connectivity index (χ0v) is 24.7. The molecule has 0 aromatic carbocycles. The van der Waals surface area contributed by atoms with Crippen molar-refractivity contribution in [2.24, 2.45) is 56.7 Å². The van der Waals surface area contributed by atoms with Gasteiger partial charge in [0.1, 0.15) is 6.10 Å². The number of hydrogen-bond acceptors (Lipinski definition) is 4. The van der Waals surface area contributed by atoms with Crippen LogP contribution in [0, 0.1) is 56.7 Å². The van der Waals surface area contributed by atoms with Crippen LogP contribution in [0.5, 0.6) is 0 Å². The molecule has 208 valence electrons. The van der Waals surface area contributed by atoms with Crippen LogP contribution in [0.25, 0.3) is 0 Å². The van der Waals surface area contributed by atoms with Crippen LogP contribution in [0.4, 0.5) is 0 Å². The summed E-state index contributed by atoms with van der Waals surface area (Å²) in [4.78, 5) is 23.8. The molecule has 5 aliphatic carbocycles. The van der Waals surface area contributed by atoms with Crippen molar-refractivity contribution < 1.29 is 19.1 Å². The summed E-state index contributed by atoms with van der Waals surface area (Å²) in [5.41, 5.74) is 0.997. The average Bonchev–Trinajstić information content (AvgIpc) is 3.19. The highest BCUT2D eigenvalue weighted by atomic mass is 16.5. The normalized spacial score (nSPS) is 50.0. The Balaban J connectivity index is 1.48. The number of hydrogen-bond donors (Lipinski definition) is 0. The Labute approximate surface area is 225 Å². The monoisotopic (exact) mass is 512 g/mol. The highest BCUT2D eigenvalue weighted by Crippen LogP contribution is 2.77. The minimum Gasteiger partial charge on any atom is -0.465 e. The highest BCUT2D eigenvalue weighted by Gasteiger charge is 2.71. The van der Waals surface area contributed by atoms with Gasteiger partial charge >= 0.3 is 11.9 Å². The fourth-order valence-electron chi connectivity index (χ4n) is 11.9. The number of esters is 2. The Hall–Kier alpha value is -1.32. The number of carbonyl (C=O) groups is 2. The van der Waals surface area contributed by atoms with Crippen LogP contribution in [0.3, 0.4) is 0 Å². The SMILES string of the molecule is C=C[C@H]1CC[C@@]2(COC(C)=O)CC[C@@]3(C)[C@@H](CC[C@@H]4[C@]5(C)CC[C@H](OC(C)=O)C(C)(C)[C@@H]5CC[C@@]43C)[C@@H]12. The van der Waals surface area contributed by atoms with Gasteiger partial charge in [-0.25, -0.2) is 0 Å². The maximum atomic E-state index is 11.9. The van der Waals surface area contributed by atoms with Gasteiger partial charge in [-0.05, 0) is 110 Å². The molecule has 0 N–H and O–H groups in total. The molecule has 5 fully saturated rings. The molecule has 0 aliphatic heterocycles. The number of rotatable bonds is 4. The van der Waals surface area contributed by atoms with Gasteiger partial charge in [0.15, 0.2) is 0 Å². The van der Waals surface area contributed by atoms with Gasteiger partial charge < -0.3 is 9.47 Å². The second-order valence-electron chi connectivity index (χ2n) is 15.2. The first-order valence-electron chi connectivity index (χ1n) is 15.2. The Morgan fingerprint density at radius 2 is 1.54 bits per heavy atom. The first-order valence-corrected chi connectivity index (χ1v) is 15.2. The molecule has 0 saturated heterocycles. The topological polar surface area (TPSA) is 52.6 Å². The van der Waals surface area contributed by atoms with Crippen molar-refractivity contribution >= 4 is 11.9 Å². The summed E-state index contributed by atoms with van der Waals surface area (Å²) in [7, 11) is 0. The molecule has 0 aromatic heterocycles. The molecular formula is C33H52O4. The minimum atomic E-state index is -0.141. The second kappa shape index (κ2) is 8.85. The third-order valence-corrected chi connectivity index (χ3v) is 13.8. The van der Waals surface area contributed by atoms with E-state index in [0.717, 1.165) is 12.8 Å². The maximum Gasteiger partial charge on any atom is 0.302 e. The Kier molecular flexibility index (Phi) is 6.52. The van der Waals surface area contributed by atoms with Gasteiger partial charge in [0.2, 0.25) is 0 Å². The van der Waals surface area contributed by atoms with Crippen molar-refractivity contribution in [3.8, 4) is 0 Å². The smallest absolute Gasteiger partial charge is 0.302 e. The van der Waals surface area contributed by atoms with Gasteiger partial charge in [0.25, 0.3) is 0 Å². The van der Waals surface area contributed by atoms with E-state index >= 15 is 0 Å². The second-order valence-corrected chi connectivity index (χ2v) is 15.2. The van der Waals surface area contributed by atoms with Crippen molar-refractivity contribution in [2.75, 3.05) is 6.61 Å². The van der Waals surface area contributed by atoms with Crippen LogP contribution in [0.15, 0.2) is 12.7 Å². The standard InChI is InChI=1S/C33H52O4/c1-9-23-12-17-33(20-36-21(2)34)19-18-31(7)24(28(23)33)10-11-26-30(6)15-14-27(37-22(3)35)29(4,5)25(30)13-16-32(26,31)8/h9,23-28H,1,10-20H2,2-8H3/t23-,24-,25-,26+,27-,28+,30+,31-,32-,33-/m0/s1. The summed E-state index contributed by atoms with van der Waals surface area (Å²) in [5, 5.41) is 0. The molecule has 5 saturated carbocycles. The van der Waals surface area contributed by atoms with Crippen LogP contribution in [-0.4, -0.2) is 24.6 Å². The molecule has 0 unspecified atom stereocenters. The van der Waals surface area contributed by atoms with E-state index in [9.17, 15) is 9.59 Å². The van der Waals surface area contributed by atoms with E-state index < -0.39 is 0 Å². The van der Waals surface area contributed by atoms with Crippen molar-refractivity contribution in [1.29, 1.82) is 0 Å². The molecule has 5 rings (SSSR count). The third-order valence-electron chi connectivity index (χ3n) is 13.8. The van der Waals surface area contributed by atoms with Crippen LogP contribution in [0.2, 0.25) is 0 Å². The zero-order valence-electron chi connectivity index (χ0n) is 24.7. The van der Waals surface area contributed by atoms with Crippen LogP contribution in [-0.2, 0) is 19.1 Å². The molecule has 0 aromatic rings. The van der Waals surface area contributed by atoms with Gasteiger partial charge in [-0.1, -0.05) is 40.7 Å². The van der Waals surface area contributed by atoms with Crippen molar-refractivity contribution in [2.45, 2.75) is 119 Å². The molecule has 4 nitrogen and oxygen atoms in total. The third kappa shape index (κ3) is 3.73. The van der Waals surface area contributed by atoms with E-state index in [1.54, 1.807) is 13.8 Å². The largest absolute Gasteiger partial charge is 0.465 e. The Bertz CT molecular complexity index is 954. The molecule has 37 heavy (non-hydrogen) atoms. The van der Waals surface area contributed by atoms with E-state index in [1.165, 1.54) is 51.4 Å². The lowest BCUT2D eigenvalue weighted by Crippen LogP contribution is -2.67. The van der Waals surface area contributed by atoms with Gasteiger partial charge in [0, 0.05) is 24.7 Å². The molecule has 5 aliphatic rings. The van der Waals surface area contributed by atoms with Crippen molar-refractivity contribution in [1.82, 2.24) is 0 Å². The summed E-state index contributed by atoms with van der Waals surface area (Å²) >= 11 is 0. The number of allylic oxidation sites excluding steroid dienone is 1. The number of carbonyl (C=O) groups excluding carboxylic acids is 2. The van der Waals surface area contributed by atoms with Crippen LogP contribution < -0.4 is 0 Å². The zero-order chi connectivity index (χ0) is 27.0. The van der Waals surface area contributed by atoms with Crippen LogP contribution in [0.1, 0.15) is 113 Å². The van der Waals surface area contributed by atoms with E-state index in [0.29, 0.717) is 41.6 Å². The lowest BCUT2D eigenvalue weighted by molar-refractivity contribution is -0.251. The minimum absolute atomic E-state index is 0.00287. The van der Waals surface area contributed by atoms with E-state index in [-0.39, 0.29) is 39.7 Å². The molecule has 10 atom stereocenters. The number of ether oxygens (including phenoxy) is 2. The first-order chi connectivity index (χ1) is 17.2. The van der Waals surface area contributed by atoms with Gasteiger partial charge in [-0.2, -0.15) is 0 Å². The first kappa shape index (κ1) is 27.3. The molecule has 0 amide bonds. The van der Waals surface area contributed by atoms with E-state index in [4.69, 9.17) is 9.47 Å². The number of fused-ring (bicyclic) bond motifs is 7. The maximum absolute atomic E-state index is 11.9. The fourth-order valence-corrected chi connectivity index (χ4v) is 11.9. The van der Waals surface area contributed by atoms with E-state index in [1.807, 2.05) is 0 Å². The van der Waals surface area contributed by atoms with Crippen molar-refractivity contribution in [3.63, 3.8) is 0 Å². The predicted molar refractivity (Wildman–Crippen MR) is 147 cm³/mol. The van der Waals surface area contributed by atoms with Crippen LogP contribution >= 0.6 is 0 Å². The molecule has 0 spiro atoms. The summed E-state index contributed by atoms with van der Waals surface area (Å²) < 4.78 is 11.7. The molecule has 4 heteroatoms. The van der Waals surface area contributed by atoms with Crippen molar-refractivity contribution in [3.05, 3.63) is 12.7 Å². The molecular weight excluding hydrogens is 460 g/mol. The Morgan fingerprint density at radius 1 is 0.811 bits per heavy atom. The van der Waals surface area contributed by atoms with Gasteiger partial charge in [-0.15, -0.1) is 6.58 Å². The highest BCUT2D eigenvalue weighted by molar-refractivity contribution is 5.66. The van der Waals surface area contributed by atoms with Gasteiger partial charge in [-0.3, -0.25) is 9.59 Å². The van der Waals surface area contributed by atoms with E-state index in [2.05, 4.69) is 47.3 Å². The Morgan fingerprint density at radius 3 is 2.19 bits per heavy atom. The average molecular weight is 513 g/mol.